The third-order valence-corrected chi connectivity index (χ3v) is 16.4. The number of hydrogen-bond donors (Lipinski definition) is 7. The van der Waals surface area contributed by atoms with E-state index in [1.807, 2.05) is 147 Å². The highest BCUT2D eigenvalue weighted by Crippen LogP contribution is 2.31. The van der Waals surface area contributed by atoms with Crippen LogP contribution in [-0.4, -0.2) is 121 Å². The summed E-state index contributed by atoms with van der Waals surface area (Å²) in [6.45, 7) is 13.8. The highest BCUT2D eigenvalue weighted by Gasteiger charge is 2.27. The van der Waals surface area contributed by atoms with Gasteiger partial charge in [-0.3, -0.25) is 5.10 Å². The van der Waals surface area contributed by atoms with Crippen LogP contribution in [0.4, 0.5) is 21.2 Å². The molecule has 9 N–H and O–H groups in total. The topological polar surface area (TPSA) is 294 Å². The lowest BCUT2D eigenvalue weighted by Crippen LogP contribution is -2.41. The normalized spacial score (nSPS) is 19.3. The summed E-state index contributed by atoms with van der Waals surface area (Å²) in [4.78, 5) is 50.4. The lowest BCUT2D eigenvalue weighted by Gasteiger charge is -2.30. The maximum absolute atomic E-state index is 12.0. The van der Waals surface area contributed by atoms with Gasteiger partial charge < -0.3 is 42.2 Å². The Morgan fingerprint density at radius 1 is 0.562 bits per heavy atom. The van der Waals surface area contributed by atoms with Gasteiger partial charge in [-0.1, -0.05) is 18.2 Å². The number of carbonyl (C=O) groups is 2. The van der Waals surface area contributed by atoms with Crippen molar-refractivity contribution in [1.29, 1.82) is 0 Å². The molecule has 89 heavy (non-hydrogen) atoms. The summed E-state index contributed by atoms with van der Waals surface area (Å²) in [5.41, 5.74) is 18.3. The van der Waals surface area contributed by atoms with Crippen LogP contribution in [0.5, 0.6) is 0 Å². The standard InChI is InChI=1S/C24H32N6O2.C18H22N6.C12H9BrN4.C12H24N2O2/c1-24(2,3)32-23(31)27-17-12-10-16(11-13-17)15-26-20-9-5-8-19(28-20)21-18-7-6-14-25-22(18)30(4)29-21;19-13-8-6-12(7-9-13)11-21-16-5-1-4-15(22-16)17-14-3-2-10-20-18(14)24-23-17;1-17-12-8(4-3-7-14-12)11(16-17)9-5-2-6-10(13)15-9;1-12(2,3)16-11(15)14-10-6-4-9(8-13)5-7-10/h5-9,14,16-17H,10-13,15H2,1-4H3,(H,26,28)(H,27,31);1-5,10,12-13H,6-9,11,19H2,(H,21,22)(H,20,23,24);2-7H,1H3;9-10H,4-8,13H2,1-3H3,(H,14,15). The van der Waals surface area contributed by atoms with Crippen LogP contribution in [0.3, 0.4) is 0 Å². The number of alkyl carbamates (subject to hydrolysis) is 2. The number of nitrogens with zero attached hydrogens (tertiary/aromatic N) is 11. The molecule has 9 heterocycles. The lowest BCUT2D eigenvalue weighted by atomic mass is 9.86. The predicted molar refractivity (Wildman–Crippen MR) is 354 cm³/mol. The lowest BCUT2D eigenvalue weighted by molar-refractivity contribution is 0.0476. The number of rotatable bonds is 12. The molecule has 22 nitrogen and oxygen atoms in total. The minimum Gasteiger partial charge on any atom is -0.444 e. The van der Waals surface area contributed by atoms with Crippen LogP contribution in [-0.2, 0) is 23.6 Å². The van der Waals surface area contributed by atoms with Crippen LogP contribution in [0.25, 0.3) is 67.3 Å². The molecule has 0 aromatic carbocycles. The van der Waals surface area contributed by atoms with Gasteiger partial charge in [-0.25, -0.2) is 48.9 Å². The first-order valence-electron chi connectivity index (χ1n) is 31.1. The molecule has 0 spiro atoms. The van der Waals surface area contributed by atoms with Gasteiger partial charge in [0.2, 0.25) is 0 Å². The zero-order valence-corrected chi connectivity index (χ0v) is 54.1. The minimum atomic E-state index is -0.467. The highest BCUT2D eigenvalue weighted by atomic mass is 79.9. The van der Waals surface area contributed by atoms with Gasteiger partial charge in [0.05, 0.1) is 22.8 Å². The zero-order chi connectivity index (χ0) is 63.1. The second-order valence-corrected chi connectivity index (χ2v) is 26.1. The number of fused-ring (bicyclic) bond motifs is 3. The first-order valence-corrected chi connectivity index (χ1v) is 31.9. The Labute approximate surface area is 529 Å². The summed E-state index contributed by atoms with van der Waals surface area (Å²) < 4.78 is 14.9. The molecule has 9 aromatic heterocycles. The molecule has 0 atom stereocenters. The van der Waals surface area contributed by atoms with E-state index in [1.165, 1.54) is 12.8 Å². The van der Waals surface area contributed by atoms with E-state index in [2.05, 4.69) is 77.5 Å². The van der Waals surface area contributed by atoms with Crippen LogP contribution in [0.2, 0.25) is 0 Å². The van der Waals surface area contributed by atoms with E-state index in [9.17, 15) is 9.59 Å². The quantitative estimate of drug-likeness (QED) is 0.0559. The fourth-order valence-corrected chi connectivity index (χ4v) is 11.7. The van der Waals surface area contributed by atoms with Gasteiger partial charge in [-0.2, -0.15) is 15.3 Å². The molecule has 0 aliphatic heterocycles. The molecule has 3 fully saturated rings. The zero-order valence-electron chi connectivity index (χ0n) is 52.5. The molecule has 472 valence electrons. The minimum absolute atomic E-state index is 0.189. The smallest absolute Gasteiger partial charge is 0.407 e. The summed E-state index contributed by atoms with van der Waals surface area (Å²) in [6.07, 6.45) is 17.6. The van der Waals surface area contributed by atoms with Crippen molar-refractivity contribution in [2.24, 2.45) is 43.3 Å². The Kier molecular flexibility index (Phi) is 22.3. The number of pyridine rings is 6. The van der Waals surface area contributed by atoms with Crippen LogP contribution < -0.4 is 32.7 Å². The van der Waals surface area contributed by atoms with Gasteiger partial charge in [0, 0.05) is 80.1 Å². The van der Waals surface area contributed by atoms with Gasteiger partial charge in [0.15, 0.2) is 16.9 Å². The molecule has 3 aliphatic carbocycles. The van der Waals surface area contributed by atoms with Gasteiger partial charge in [0.1, 0.15) is 38.8 Å². The molecular formula is C66H87BrN18O4. The van der Waals surface area contributed by atoms with Crippen molar-refractivity contribution in [2.75, 3.05) is 30.3 Å². The van der Waals surface area contributed by atoms with Crippen molar-refractivity contribution in [2.45, 2.75) is 148 Å². The Morgan fingerprint density at radius 2 is 1.00 bits per heavy atom. The molecule has 0 radical (unpaired) electrons. The summed E-state index contributed by atoms with van der Waals surface area (Å²) in [6, 6.07) is 30.4. The summed E-state index contributed by atoms with van der Waals surface area (Å²) >= 11 is 3.37. The highest BCUT2D eigenvalue weighted by molar-refractivity contribution is 9.10. The number of hydrogen-bond acceptors (Lipinski definition) is 17. The van der Waals surface area contributed by atoms with Crippen LogP contribution in [0, 0.1) is 17.8 Å². The largest absolute Gasteiger partial charge is 0.444 e. The fourth-order valence-electron chi connectivity index (χ4n) is 11.4. The van der Waals surface area contributed by atoms with E-state index in [4.69, 9.17) is 30.9 Å². The molecular weight excluding hydrogens is 1190 g/mol. The summed E-state index contributed by atoms with van der Waals surface area (Å²) in [7, 11) is 3.78. The maximum Gasteiger partial charge on any atom is 0.407 e. The molecule has 0 unspecified atom stereocenters. The van der Waals surface area contributed by atoms with Crippen molar-refractivity contribution in [1.82, 2.24) is 70.3 Å². The average Bonchev–Trinajstić information content (AvgIpc) is 2.34. The summed E-state index contributed by atoms with van der Waals surface area (Å²) in [5, 5.41) is 32.3. The van der Waals surface area contributed by atoms with Gasteiger partial charge >= 0.3 is 12.2 Å². The van der Waals surface area contributed by atoms with Crippen molar-refractivity contribution in [3.05, 3.63) is 114 Å². The molecule has 2 amide bonds. The van der Waals surface area contributed by atoms with E-state index in [1.54, 1.807) is 28.0 Å². The maximum atomic E-state index is 12.0. The van der Waals surface area contributed by atoms with Crippen LogP contribution >= 0.6 is 15.9 Å². The second-order valence-electron chi connectivity index (χ2n) is 25.3. The number of amides is 2. The van der Waals surface area contributed by atoms with Gasteiger partial charge in [0.25, 0.3) is 0 Å². The number of aromatic amines is 1. The number of ether oxygens (including phenoxy) is 2. The molecule has 12 rings (SSSR count). The molecule has 3 saturated carbocycles. The monoisotopic (exact) mass is 1270 g/mol. The Bertz CT molecular complexity index is 3740. The van der Waals surface area contributed by atoms with E-state index >= 15 is 0 Å². The Balaban J connectivity index is 0.000000147. The first kappa shape index (κ1) is 65.3. The van der Waals surface area contributed by atoms with Gasteiger partial charge in [-0.15, -0.1) is 0 Å². The molecule has 0 saturated heterocycles. The number of carbonyl (C=O) groups excluding carboxylic acids is 2. The molecule has 9 aromatic rings. The van der Waals surface area contributed by atoms with Crippen molar-refractivity contribution >= 4 is 72.9 Å². The number of nitrogens with one attached hydrogen (secondary N) is 5. The van der Waals surface area contributed by atoms with Crippen molar-refractivity contribution < 1.29 is 19.1 Å². The van der Waals surface area contributed by atoms with Crippen molar-refractivity contribution in [3.63, 3.8) is 0 Å². The van der Waals surface area contributed by atoms with E-state index in [0.717, 1.165) is 162 Å². The predicted octanol–water partition coefficient (Wildman–Crippen LogP) is 12.3. The Hall–Kier alpha value is -8.15. The van der Waals surface area contributed by atoms with Gasteiger partial charge in [-0.05, 0) is 232 Å². The third kappa shape index (κ3) is 18.9. The SMILES string of the molecule is CC(C)(C)OC(=O)NC1CCC(CN)CC1.Cn1nc(-c2cccc(Br)n2)c2cccnc21.Cn1nc(-c2cccc(NCC3CCC(NC(=O)OC(C)(C)C)CC3)n2)c2cccnc21.NC1CCC(CNc2cccc(-c3[nH]nc4ncccc34)n2)CC1. The van der Waals surface area contributed by atoms with Crippen molar-refractivity contribution in [3.8, 4) is 34.2 Å². The Morgan fingerprint density at radius 3 is 1.49 bits per heavy atom. The first-order chi connectivity index (χ1) is 42.7. The second kappa shape index (κ2) is 30.4. The molecule has 3 aliphatic rings. The number of aromatic nitrogens is 12. The average molecular weight is 1280 g/mol. The third-order valence-electron chi connectivity index (χ3n) is 16.0. The van der Waals surface area contributed by atoms with E-state index in [0.29, 0.717) is 29.4 Å². The molecule has 0 bridgehead atoms. The molecule has 23 heteroatoms. The number of nitrogens with two attached hydrogens (primary N) is 2. The number of anilines is 2. The fraction of sp³-hybridized carbons (Fsp3) is 0.470. The van der Waals surface area contributed by atoms with Crippen LogP contribution in [0.15, 0.2) is 114 Å². The number of H-pyrrole nitrogens is 1. The van der Waals surface area contributed by atoms with E-state index in [-0.39, 0.29) is 24.3 Å². The van der Waals surface area contributed by atoms with Crippen LogP contribution in [0.1, 0.15) is 119 Å². The number of halogens is 1. The van der Waals surface area contributed by atoms with E-state index < -0.39 is 11.2 Å². The summed E-state index contributed by atoms with van der Waals surface area (Å²) in [5.74, 6) is 3.62. The number of aryl methyl sites for hydroxylation is 2.